The standard InChI is InChI=1S/C6H3ClO4S/c7-4-2-1-3-5-6(4)11-12(8,9)10-5/h1-3H. The van der Waals surface area contributed by atoms with Crippen molar-refractivity contribution in [3.63, 3.8) is 0 Å². The van der Waals surface area contributed by atoms with Crippen LogP contribution in [-0.2, 0) is 10.4 Å². The zero-order valence-corrected chi connectivity index (χ0v) is 7.22. The highest BCUT2D eigenvalue weighted by molar-refractivity contribution is 7.82. The number of para-hydroxylation sites is 1. The number of hydrogen-bond donors (Lipinski definition) is 0. The Labute approximate surface area is 74.0 Å². The molecule has 12 heavy (non-hydrogen) atoms. The van der Waals surface area contributed by atoms with Gasteiger partial charge in [0.25, 0.3) is 0 Å². The van der Waals surface area contributed by atoms with Crippen LogP contribution in [0.5, 0.6) is 11.5 Å². The molecule has 0 saturated heterocycles. The van der Waals surface area contributed by atoms with Crippen LogP contribution in [0.15, 0.2) is 18.2 Å². The summed E-state index contributed by atoms with van der Waals surface area (Å²) in [5.41, 5.74) is 0. The zero-order chi connectivity index (χ0) is 8.77. The second-order valence-corrected chi connectivity index (χ2v) is 3.70. The molecule has 1 aliphatic rings. The summed E-state index contributed by atoms with van der Waals surface area (Å²) >= 11 is 5.63. The number of rotatable bonds is 0. The van der Waals surface area contributed by atoms with Gasteiger partial charge in [0.05, 0.1) is 5.02 Å². The van der Waals surface area contributed by atoms with Crippen molar-refractivity contribution >= 4 is 22.0 Å². The predicted molar refractivity (Wildman–Crippen MR) is 41.6 cm³/mol. The van der Waals surface area contributed by atoms with Crippen LogP contribution in [0.1, 0.15) is 0 Å². The molecule has 4 nitrogen and oxygen atoms in total. The smallest absolute Gasteiger partial charge is 0.349 e. The molecule has 0 unspecified atom stereocenters. The molecule has 0 fully saturated rings. The first-order chi connectivity index (χ1) is 5.58. The Hall–Kier alpha value is -0.940. The SMILES string of the molecule is O=S1(=O)Oc2cccc(Cl)c2O1. The van der Waals surface area contributed by atoms with E-state index in [9.17, 15) is 8.42 Å². The molecule has 1 heterocycles. The normalized spacial score (nSPS) is 17.8. The molecule has 0 radical (unpaired) electrons. The van der Waals surface area contributed by atoms with Gasteiger partial charge >= 0.3 is 10.4 Å². The molecule has 0 bridgehead atoms. The lowest BCUT2D eigenvalue weighted by atomic mass is 10.3. The molecule has 0 saturated carbocycles. The highest BCUT2D eigenvalue weighted by Gasteiger charge is 2.29. The summed E-state index contributed by atoms with van der Waals surface area (Å²) in [6, 6.07) is 4.56. The number of benzene rings is 1. The first kappa shape index (κ1) is 7.70. The van der Waals surface area contributed by atoms with Crippen LogP contribution >= 0.6 is 11.6 Å². The largest absolute Gasteiger partial charge is 0.501 e. The minimum absolute atomic E-state index is 0.0548. The van der Waals surface area contributed by atoms with Crippen molar-refractivity contribution in [2.45, 2.75) is 0 Å². The molecule has 0 atom stereocenters. The molecular weight excluding hydrogens is 204 g/mol. The lowest BCUT2D eigenvalue weighted by Crippen LogP contribution is -2.08. The van der Waals surface area contributed by atoms with Crippen LogP contribution in [0.25, 0.3) is 0 Å². The molecule has 0 amide bonds. The van der Waals surface area contributed by atoms with E-state index in [0.717, 1.165) is 0 Å². The molecule has 1 aromatic rings. The van der Waals surface area contributed by atoms with Gasteiger partial charge in [-0.1, -0.05) is 17.7 Å². The van der Waals surface area contributed by atoms with E-state index in [1.54, 1.807) is 6.07 Å². The van der Waals surface area contributed by atoms with E-state index in [-0.39, 0.29) is 16.5 Å². The fourth-order valence-corrected chi connectivity index (χ4v) is 1.88. The van der Waals surface area contributed by atoms with Gasteiger partial charge in [-0.2, -0.15) is 0 Å². The van der Waals surface area contributed by atoms with Gasteiger partial charge in [-0.15, -0.1) is 8.42 Å². The molecular formula is C6H3ClO4S. The molecule has 0 aliphatic carbocycles. The van der Waals surface area contributed by atoms with Crippen LogP contribution in [0.2, 0.25) is 5.02 Å². The summed E-state index contributed by atoms with van der Waals surface area (Å²) in [4.78, 5) is 0. The number of hydrogen-bond acceptors (Lipinski definition) is 4. The molecule has 0 N–H and O–H groups in total. The third kappa shape index (κ3) is 1.11. The minimum Gasteiger partial charge on any atom is -0.349 e. The second-order valence-electron chi connectivity index (χ2n) is 2.14. The summed E-state index contributed by atoms with van der Waals surface area (Å²) in [7, 11) is -3.91. The monoisotopic (exact) mass is 206 g/mol. The summed E-state index contributed by atoms with van der Waals surface area (Å²) in [5, 5.41) is 0.216. The van der Waals surface area contributed by atoms with E-state index in [0.29, 0.717) is 0 Å². The van der Waals surface area contributed by atoms with Crippen LogP contribution in [0, 0.1) is 0 Å². The van der Waals surface area contributed by atoms with Gasteiger partial charge in [-0.3, -0.25) is 0 Å². The van der Waals surface area contributed by atoms with Gasteiger partial charge in [-0.25, -0.2) is 0 Å². The molecule has 6 heteroatoms. The van der Waals surface area contributed by atoms with E-state index in [2.05, 4.69) is 8.37 Å². The Bertz CT molecular complexity index is 425. The summed E-state index contributed by atoms with van der Waals surface area (Å²) in [6.45, 7) is 0. The van der Waals surface area contributed by atoms with E-state index in [1.807, 2.05) is 0 Å². The Morgan fingerprint density at radius 1 is 1.25 bits per heavy atom. The summed E-state index contributed by atoms with van der Waals surface area (Å²) in [6.07, 6.45) is 0. The zero-order valence-electron chi connectivity index (χ0n) is 5.65. The Morgan fingerprint density at radius 2 is 2.00 bits per heavy atom. The fraction of sp³-hybridized carbons (Fsp3) is 0. The highest BCUT2D eigenvalue weighted by Crippen LogP contribution is 2.40. The van der Waals surface area contributed by atoms with Crippen molar-refractivity contribution in [1.82, 2.24) is 0 Å². The first-order valence-electron chi connectivity index (χ1n) is 3.01. The van der Waals surface area contributed by atoms with Crippen molar-refractivity contribution in [2.75, 3.05) is 0 Å². The maximum Gasteiger partial charge on any atom is 0.501 e. The second kappa shape index (κ2) is 2.27. The van der Waals surface area contributed by atoms with Crippen molar-refractivity contribution in [2.24, 2.45) is 0 Å². The van der Waals surface area contributed by atoms with Crippen LogP contribution in [0.4, 0.5) is 0 Å². The van der Waals surface area contributed by atoms with Crippen molar-refractivity contribution in [3.8, 4) is 11.5 Å². The Morgan fingerprint density at radius 3 is 2.67 bits per heavy atom. The molecule has 1 aromatic carbocycles. The van der Waals surface area contributed by atoms with Gasteiger partial charge in [0.15, 0.2) is 5.75 Å². The summed E-state index contributed by atoms with van der Waals surface area (Å²) < 4.78 is 30.4. The van der Waals surface area contributed by atoms with Crippen molar-refractivity contribution in [3.05, 3.63) is 23.2 Å². The van der Waals surface area contributed by atoms with Crippen molar-refractivity contribution in [1.29, 1.82) is 0 Å². The lowest BCUT2D eigenvalue weighted by Gasteiger charge is -1.92. The van der Waals surface area contributed by atoms with Gasteiger partial charge < -0.3 is 8.37 Å². The van der Waals surface area contributed by atoms with Gasteiger partial charge in [-0.05, 0) is 12.1 Å². The maximum absolute atomic E-state index is 10.7. The molecule has 2 rings (SSSR count). The number of halogens is 1. The quantitative estimate of drug-likeness (QED) is 0.643. The Kier molecular flexibility index (Phi) is 1.46. The lowest BCUT2D eigenvalue weighted by molar-refractivity contribution is 0.436. The predicted octanol–water partition coefficient (Wildman–Crippen LogP) is 1.36. The topological polar surface area (TPSA) is 52.6 Å². The average Bonchev–Trinajstić information content (AvgIpc) is 2.25. The third-order valence-corrected chi connectivity index (χ3v) is 2.36. The van der Waals surface area contributed by atoms with E-state index in [4.69, 9.17) is 11.6 Å². The molecule has 64 valence electrons. The maximum atomic E-state index is 10.7. The Balaban J connectivity index is 2.63. The van der Waals surface area contributed by atoms with Gasteiger partial charge in [0.1, 0.15) is 0 Å². The number of fused-ring (bicyclic) bond motifs is 1. The highest BCUT2D eigenvalue weighted by atomic mass is 35.5. The van der Waals surface area contributed by atoms with Crippen LogP contribution in [-0.4, -0.2) is 8.42 Å². The van der Waals surface area contributed by atoms with E-state index < -0.39 is 10.4 Å². The summed E-state index contributed by atoms with van der Waals surface area (Å²) in [5.74, 6) is 0.182. The molecule has 0 spiro atoms. The van der Waals surface area contributed by atoms with Crippen LogP contribution in [0.3, 0.4) is 0 Å². The molecule has 1 aliphatic heterocycles. The average molecular weight is 207 g/mol. The van der Waals surface area contributed by atoms with Gasteiger partial charge in [0.2, 0.25) is 5.75 Å². The molecule has 0 aromatic heterocycles. The van der Waals surface area contributed by atoms with Crippen molar-refractivity contribution < 1.29 is 16.8 Å². The van der Waals surface area contributed by atoms with E-state index in [1.165, 1.54) is 12.1 Å². The fourth-order valence-electron chi connectivity index (χ4n) is 0.865. The third-order valence-electron chi connectivity index (χ3n) is 1.31. The van der Waals surface area contributed by atoms with E-state index >= 15 is 0 Å². The van der Waals surface area contributed by atoms with Crippen LogP contribution < -0.4 is 8.37 Å². The first-order valence-corrected chi connectivity index (χ1v) is 4.72. The minimum atomic E-state index is -3.91. The van der Waals surface area contributed by atoms with Gasteiger partial charge in [0, 0.05) is 0 Å².